The van der Waals surface area contributed by atoms with Gasteiger partial charge in [0.15, 0.2) is 0 Å². The van der Waals surface area contributed by atoms with Crippen LogP contribution in [-0.2, 0) is 14.3 Å². The van der Waals surface area contributed by atoms with Crippen molar-refractivity contribution in [3.63, 3.8) is 0 Å². The molecule has 1 aliphatic rings. The first-order valence-corrected chi connectivity index (χ1v) is 5.36. The van der Waals surface area contributed by atoms with Gasteiger partial charge in [-0.25, -0.2) is 0 Å². The van der Waals surface area contributed by atoms with E-state index in [2.05, 4.69) is 5.32 Å². The Morgan fingerprint density at radius 2 is 2.00 bits per heavy atom. The number of nitrogens with one attached hydrogen (secondary N) is 1. The molecule has 5 heteroatoms. The summed E-state index contributed by atoms with van der Waals surface area (Å²) in [5.41, 5.74) is -0.517. The first-order valence-electron chi connectivity index (χ1n) is 5.36. The van der Waals surface area contributed by atoms with Gasteiger partial charge in [-0.15, -0.1) is 12.4 Å². The summed E-state index contributed by atoms with van der Waals surface area (Å²) in [6, 6.07) is 0. The molecule has 0 bridgehead atoms. The van der Waals surface area contributed by atoms with Crippen LogP contribution in [0.5, 0.6) is 0 Å². The molecule has 1 rings (SSSR count). The number of halogens is 1. The topological polar surface area (TPSA) is 55.4 Å². The van der Waals surface area contributed by atoms with Gasteiger partial charge in [-0.3, -0.25) is 9.59 Å². The Morgan fingerprint density at radius 1 is 1.38 bits per heavy atom. The van der Waals surface area contributed by atoms with Gasteiger partial charge < -0.3 is 10.1 Å². The summed E-state index contributed by atoms with van der Waals surface area (Å²) < 4.78 is 5.22. The molecule has 0 aromatic heterocycles. The number of carbonyl (C=O) groups excluding carboxylic acids is 2. The summed E-state index contributed by atoms with van der Waals surface area (Å²) in [5, 5.41) is 3.10. The van der Waals surface area contributed by atoms with E-state index >= 15 is 0 Å². The van der Waals surface area contributed by atoms with Crippen molar-refractivity contribution in [3.05, 3.63) is 0 Å². The third-order valence-corrected chi connectivity index (χ3v) is 2.24. The normalized spacial score (nSPS) is 21.9. The molecular formula is C11H20ClNO3. The number of rotatable bonds is 1. The van der Waals surface area contributed by atoms with Crippen LogP contribution >= 0.6 is 12.4 Å². The number of esters is 1. The highest BCUT2D eigenvalue weighted by Crippen LogP contribution is 2.16. The minimum Gasteiger partial charge on any atom is -0.459 e. The fraction of sp³-hybridized carbons (Fsp3) is 0.818. The molecule has 4 nitrogen and oxygen atoms in total. The van der Waals surface area contributed by atoms with Crippen molar-refractivity contribution in [3.8, 4) is 0 Å². The summed E-state index contributed by atoms with van der Waals surface area (Å²) in [6.45, 7) is 6.80. The number of Topliss-reactive ketones (excluding diaryl/α,β-unsaturated/α-hetero) is 1. The van der Waals surface area contributed by atoms with E-state index in [1.807, 2.05) is 20.8 Å². The first kappa shape index (κ1) is 15.4. The molecule has 1 unspecified atom stereocenters. The van der Waals surface area contributed by atoms with E-state index in [-0.39, 0.29) is 24.2 Å². The average molecular weight is 250 g/mol. The molecule has 1 aliphatic heterocycles. The van der Waals surface area contributed by atoms with E-state index in [1.165, 1.54) is 0 Å². The Balaban J connectivity index is 0.00000225. The molecule has 94 valence electrons. The summed E-state index contributed by atoms with van der Waals surface area (Å²) in [4.78, 5) is 23.3. The van der Waals surface area contributed by atoms with Crippen molar-refractivity contribution in [1.29, 1.82) is 0 Å². The largest absolute Gasteiger partial charge is 0.459 e. The molecule has 0 aromatic rings. The van der Waals surface area contributed by atoms with E-state index in [0.717, 1.165) is 0 Å². The Bertz CT molecular complexity index is 260. The van der Waals surface area contributed by atoms with E-state index in [0.29, 0.717) is 25.9 Å². The first-order chi connectivity index (χ1) is 6.90. The fourth-order valence-corrected chi connectivity index (χ4v) is 1.54. The van der Waals surface area contributed by atoms with Gasteiger partial charge in [0.1, 0.15) is 17.3 Å². The Hall–Kier alpha value is -0.610. The van der Waals surface area contributed by atoms with Gasteiger partial charge in [0.05, 0.1) is 0 Å². The average Bonchev–Trinajstić information content (AvgIpc) is 2.26. The monoisotopic (exact) mass is 249 g/mol. The number of ether oxygens (including phenoxy) is 1. The van der Waals surface area contributed by atoms with Crippen LogP contribution in [0.3, 0.4) is 0 Å². The third kappa shape index (κ3) is 4.94. The lowest BCUT2D eigenvalue weighted by molar-refractivity contribution is -0.162. The Morgan fingerprint density at radius 3 is 2.56 bits per heavy atom. The molecule has 1 fully saturated rings. The molecule has 0 saturated carbocycles. The maximum atomic E-state index is 11.7. The molecule has 1 N–H and O–H groups in total. The molecule has 0 aromatic carbocycles. The van der Waals surface area contributed by atoms with Crippen LogP contribution in [0.1, 0.15) is 33.6 Å². The highest BCUT2D eigenvalue weighted by molar-refractivity contribution is 5.99. The lowest BCUT2D eigenvalue weighted by Gasteiger charge is -2.22. The predicted molar refractivity (Wildman–Crippen MR) is 63.7 cm³/mol. The van der Waals surface area contributed by atoms with Crippen LogP contribution in [0.15, 0.2) is 0 Å². The van der Waals surface area contributed by atoms with Crippen molar-refractivity contribution in [2.75, 3.05) is 13.1 Å². The van der Waals surface area contributed by atoms with Crippen molar-refractivity contribution in [2.24, 2.45) is 5.92 Å². The van der Waals surface area contributed by atoms with Gasteiger partial charge in [0.25, 0.3) is 0 Å². The van der Waals surface area contributed by atoms with Crippen molar-refractivity contribution in [1.82, 2.24) is 5.32 Å². The SMILES string of the molecule is CC(C)(C)OC(=O)C1CCNCCC1=O.Cl. The van der Waals surface area contributed by atoms with Crippen LogP contribution in [0.2, 0.25) is 0 Å². The van der Waals surface area contributed by atoms with Gasteiger partial charge in [0, 0.05) is 13.0 Å². The number of ketones is 1. The van der Waals surface area contributed by atoms with Crippen molar-refractivity contribution in [2.45, 2.75) is 39.2 Å². The predicted octanol–water partition coefficient (Wildman–Crippen LogP) is 1.32. The van der Waals surface area contributed by atoms with Crippen molar-refractivity contribution < 1.29 is 14.3 Å². The molecule has 0 spiro atoms. The summed E-state index contributed by atoms with van der Waals surface area (Å²) in [5.74, 6) is -0.954. The van der Waals surface area contributed by atoms with E-state index < -0.39 is 11.5 Å². The number of hydrogen-bond acceptors (Lipinski definition) is 4. The van der Waals surface area contributed by atoms with Crippen LogP contribution in [0, 0.1) is 5.92 Å². The van der Waals surface area contributed by atoms with Crippen LogP contribution in [0.4, 0.5) is 0 Å². The zero-order valence-corrected chi connectivity index (χ0v) is 10.9. The number of carbonyl (C=O) groups is 2. The quantitative estimate of drug-likeness (QED) is 0.563. The second-order valence-corrected chi connectivity index (χ2v) is 4.84. The lowest BCUT2D eigenvalue weighted by Crippen LogP contribution is -2.32. The van der Waals surface area contributed by atoms with Gasteiger partial charge in [-0.05, 0) is 33.7 Å². The zero-order valence-electron chi connectivity index (χ0n) is 10.0. The number of hydrogen-bond donors (Lipinski definition) is 1. The molecule has 0 radical (unpaired) electrons. The van der Waals surface area contributed by atoms with Crippen LogP contribution in [0.25, 0.3) is 0 Å². The molecule has 1 heterocycles. The second-order valence-electron chi connectivity index (χ2n) is 4.84. The molecule has 1 atom stereocenters. The fourth-order valence-electron chi connectivity index (χ4n) is 1.54. The molecule has 16 heavy (non-hydrogen) atoms. The summed E-state index contributed by atoms with van der Waals surface area (Å²) >= 11 is 0. The second kappa shape index (κ2) is 6.21. The summed E-state index contributed by atoms with van der Waals surface area (Å²) in [7, 11) is 0. The molecule has 0 amide bonds. The van der Waals surface area contributed by atoms with Gasteiger partial charge in [0.2, 0.25) is 0 Å². The molecule has 0 aliphatic carbocycles. The highest BCUT2D eigenvalue weighted by Gasteiger charge is 2.31. The van der Waals surface area contributed by atoms with Crippen LogP contribution < -0.4 is 5.32 Å². The Kier molecular flexibility index (Phi) is 5.97. The highest BCUT2D eigenvalue weighted by atomic mass is 35.5. The smallest absolute Gasteiger partial charge is 0.317 e. The molecule has 1 saturated heterocycles. The molecular weight excluding hydrogens is 230 g/mol. The maximum Gasteiger partial charge on any atom is 0.317 e. The lowest BCUT2D eigenvalue weighted by atomic mass is 9.99. The van der Waals surface area contributed by atoms with E-state index in [1.54, 1.807) is 0 Å². The van der Waals surface area contributed by atoms with Gasteiger partial charge in [-0.1, -0.05) is 0 Å². The Labute approximate surface area is 103 Å². The zero-order chi connectivity index (χ0) is 11.5. The minimum atomic E-state index is -0.570. The standard InChI is InChI=1S/C11H19NO3.ClH/c1-11(2,3)15-10(14)8-4-6-12-7-5-9(8)13;/h8,12H,4-7H2,1-3H3;1H. The van der Waals surface area contributed by atoms with E-state index in [9.17, 15) is 9.59 Å². The van der Waals surface area contributed by atoms with Gasteiger partial charge >= 0.3 is 5.97 Å². The van der Waals surface area contributed by atoms with E-state index in [4.69, 9.17) is 4.74 Å². The minimum absolute atomic E-state index is 0. The third-order valence-electron chi connectivity index (χ3n) is 2.24. The maximum absolute atomic E-state index is 11.7. The van der Waals surface area contributed by atoms with Crippen LogP contribution in [-0.4, -0.2) is 30.4 Å². The summed E-state index contributed by atoms with van der Waals surface area (Å²) in [6.07, 6.45) is 0.970. The van der Waals surface area contributed by atoms with Gasteiger partial charge in [-0.2, -0.15) is 0 Å². The van der Waals surface area contributed by atoms with Crippen molar-refractivity contribution >= 4 is 24.2 Å².